The molecule has 0 aliphatic carbocycles. The van der Waals surface area contributed by atoms with Crippen molar-refractivity contribution in [3.8, 4) is 0 Å². The van der Waals surface area contributed by atoms with E-state index in [1.807, 2.05) is 12.3 Å². The number of hydrogen-bond donors (Lipinski definition) is 2. The molecule has 2 N–H and O–H groups in total. The molecule has 0 bridgehead atoms. The Labute approximate surface area is 104 Å². The van der Waals surface area contributed by atoms with Gasteiger partial charge in [-0.3, -0.25) is 9.59 Å². The second-order valence-corrected chi connectivity index (χ2v) is 4.87. The van der Waals surface area contributed by atoms with Crippen LogP contribution in [0.3, 0.4) is 0 Å². The van der Waals surface area contributed by atoms with Crippen molar-refractivity contribution >= 4 is 17.2 Å². The first kappa shape index (κ1) is 13.9. The maximum Gasteiger partial charge on any atom is 0.307 e. The fourth-order valence-electron chi connectivity index (χ4n) is 1.42. The highest BCUT2D eigenvalue weighted by atomic mass is 32.1. The standard InChI is InChI=1S/C11H18N2O3S/c1-8-7-17-11(16)13(8)5-3-4-10(15)12-6-9(2)14/h7,9,14H,3-6H2,1-2H3,(H,12,15)/t9-/m0/s1. The number of rotatable bonds is 6. The van der Waals surface area contributed by atoms with E-state index >= 15 is 0 Å². The number of amides is 1. The first-order valence-corrected chi connectivity index (χ1v) is 6.48. The molecule has 1 heterocycles. The lowest BCUT2D eigenvalue weighted by Crippen LogP contribution is -2.30. The summed E-state index contributed by atoms with van der Waals surface area (Å²) in [6.07, 6.45) is 0.470. The van der Waals surface area contributed by atoms with Gasteiger partial charge in [0.2, 0.25) is 5.91 Å². The number of aliphatic hydroxyl groups excluding tert-OH is 1. The molecule has 1 amide bonds. The summed E-state index contributed by atoms with van der Waals surface area (Å²) >= 11 is 1.18. The van der Waals surface area contributed by atoms with E-state index in [1.54, 1.807) is 11.5 Å². The first-order chi connectivity index (χ1) is 8.00. The quantitative estimate of drug-likeness (QED) is 0.780. The van der Waals surface area contributed by atoms with Crippen LogP contribution in [0, 0.1) is 6.92 Å². The molecule has 5 nitrogen and oxygen atoms in total. The monoisotopic (exact) mass is 258 g/mol. The van der Waals surface area contributed by atoms with Gasteiger partial charge < -0.3 is 15.0 Å². The van der Waals surface area contributed by atoms with E-state index in [9.17, 15) is 9.59 Å². The lowest BCUT2D eigenvalue weighted by Gasteiger charge is -2.07. The van der Waals surface area contributed by atoms with E-state index in [2.05, 4.69) is 5.32 Å². The molecule has 1 rings (SSSR count). The molecular weight excluding hydrogens is 240 g/mol. The Morgan fingerprint density at radius 2 is 2.35 bits per heavy atom. The lowest BCUT2D eigenvalue weighted by molar-refractivity contribution is -0.121. The minimum Gasteiger partial charge on any atom is -0.392 e. The Morgan fingerprint density at radius 3 is 2.88 bits per heavy atom. The Kier molecular flexibility index (Phi) is 5.37. The molecule has 1 aromatic heterocycles. The normalized spacial score (nSPS) is 12.4. The van der Waals surface area contributed by atoms with Gasteiger partial charge in [-0.25, -0.2) is 0 Å². The van der Waals surface area contributed by atoms with Crippen molar-refractivity contribution in [2.24, 2.45) is 0 Å². The van der Waals surface area contributed by atoms with E-state index in [4.69, 9.17) is 5.11 Å². The third-order valence-corrected chi connectivity index (χ3v) is 3.24. The second-order valence-electron chi connectivity index (χ2n) is 4.05. The summed E-state index contributed by atoms with van der Waals surface area (Å²) in [5.41, 5.74) is 0.935. The molecule has 0 unspecified atom stereocenters. The van der Waals surface area contributed by atoms with Gasteiger partial charge in [-0.2, -0.15) is 0 Å². The summed E-state index contributed by atoms with van der Waals surface area (Å²) < 4.78 is 1.67. The predicted octanol–water partition coefficient (Wildman–Crippen LogP) is 0.495. The first-order valence-electron chi connectivity index (χ1n) is 5.60. The van der Waals surface area contributed by atoms with Gasteiger partial charge in [-0.1, -0.05) is 11.3 Å². The highest BCUT2D eigenvalue weighted by Gasteiger charge is 2.05. The lowest BCUT2D eigenvalue weighted by atomic mass is 10.3. The average molecular weight is 258 g/mol. The van der Waals surface area contributed by atoms with Crippen molar-refractivity contribution in [3.05, 3.63) is 20.7 Å². The average Bonchev–Trinajstić information content (AvgIpc) is 2.57. The topological polar surface area (TPSA) is 71.3 Å². The SMILES string of the molecule is Cc1csc(=O)n1CCCC(=O)NC[C@H](C)O. The van der Waals surface area contributed by atoms with Gasteiger partial charge in [-0.05, 0) is 20.3 Å². The number of nitrogens with zero attached hydrogens (tertiary/aromatic N) is 1. The largest absolute Gasteiger partial charge is 0.392 e. The van der Waals surface area contributed by atoms with Crippen LogP contribution in [-0.2, 0) is 11.3 Å². The van der Waals surface area contributed by atoms with Crippen LogP contribution in [0.5, 0.6) is 0 Å². The van der Waals surface area contributed by atoms with Crippen LogP contribution in [0.2, 0.25) is 0 Å². The molecule has 1 atom stereocenters. The maximum atomic E-state index is 11.4. The third kappa shape index (κ3) is 4.70. The van der Waals surface area contributed by atoms with Crippen LogP contribution < -0.4 is 10.2 Å². The highest BCUT2D eigenvalue weighted by molar-refractivity contribution is 7.07. The van der Waals surface area contributed by atoms with Gasteiger partial charge in [-0.15, -0.1) is 0 Å². The molecule has 0 fully saturated rings. The molecule has 0 saturated heterocycles. The van der Waals surface area contributed by atoms with Gasteiger partial charge in [0, 0.05) is 30.6 Å². The third-order valence-electron chi connectivity index (χ3n) is 2.36. The number of carbonyl (C=O) groups is 1. The van der Waals surface area contributed by atoms with E-state index in [0.29, 0.717) is 19.4 Å². The molecule has 6 heteroatoms. The molecule has 0 aromatic carbocycles. The van der Waals surface area contributed by atoms with Crippen LogP contribution in [-0.4, -0.2) is 28.2 Å². The Hall–Kier alpha value is -1.14. The number of carbonyl (C=O) groups excluding carboxylic acids is 1. The molecule has 17 heavy (non-hydrogen) atoms. The molecule has 0 spiro atoms. The molecule has 1 aromatic rings. The minimum atomic E-state index is -0.527. The smallest absolute Gasteiger partial charge is 0.307 e. The highest BCUT2D eigenvalue weighted by Crippen LogP contribution is 2.02. The zero-order chi connectivity index (χ0) is 12.8. The number of nitrogens with one attached hydrogen (secondary N) is 1. The fraction of sp³-hybridized carbons (Fsp3) is 0.636. The second kappa shape index (κ2) is 6.56. The van der Waals surface area contributed by atoms with Gasteiger partial charge in [0.05, 0.1) is 6.10 Å². The molecule has 0 aliphatic heterocycles. The van der Waals surface area contributed by atoms with Gasteiger partial charge >= 0.3 is 4.87 Å². The van der Waals surface area contributed by atoms with E-state index in [1.165, 1.54) is 11.3 Å². The minimum absolute atomic E-state index is 0.0203. The Bertz CT molecular complexity index is 423. The van der Waals surface area contributed by atoms with Crippen LogP contribution in [0.4, 0.5) is 0 Å². The van der Waals surface area contributed by atoms with Crippen LogP contribution >= 0.6 is 11.3 Å². The number of thiazole rings is 1. The van der Waals surface area contributed by atoms with Gasteiger partial charge in [0.15, 0.2) is 0 Å². The molecule has 0 aliphatic rings. The van der Waals surface area contributed by atoms with Crippen molar-refractivity contribution < 1.29 is 9.90 Å². The number of hydrogen-bond acceptors (Lipinski definition) is 4. The number of aliphatic hydroxyl groups is 1. The predicted molar refractivity (Wildman–Crippen MR) is 67.2 cm³/mol. The summed E-state index contributed by atoms with van der Waals surface area (Å²) in [5.74, 6) is -0.0909. The molecule has 0 saturated carbocycles. The van der Waals surface area contributed by atoms with Crippen LogP contribution in [0.25, 0.3) is 0 Å². The number of aryl methyl sites for hydroxylation is 1. The summed E-state index contributed by atoms with van der Waals surface area (Å²) in [6.45, 7) is 4.34. The Balaban J connectivity index is 2.29. The van der Waals surface area contributed by atoms with Gasteiger partial charge in [0.25, 0.3) is 0 Å². The van der Waals surface area contributed by atoms with Crippen LogP contribution in [0.1, 0.15) is 25.5 Å². The Morgan fingerprint density at radius 1 is 1.65 bits per heavy atom. The van der Waals surface area contributed by atoms with E-state index in [0.717, 1.165) is 5.69 Å². The van der Waals surface area contributed by atoms with E-state index < -0.39 is 6.10 Å². The molecule has 96 valence electrons. The molecule has 0 radical (unpaired) electrons. The summed E-state index contributed by atoms with van der Waals surface area (Å²) in [6, 6.07) is 0. The van der Waals surface area contributed by atoms with Crippen molar-refractivity contribution in [1.29, 1.82) is 0 Å². The summed E-state index contributed by atoms with van der Waals surface area (Å²) in [4.78, 5) is 22.7. The summed E-state index contributed by atoms with van der Waals surface area (Å²) in [5, 5.41) is 13.4. The van der Waals surface area contributed by atoms with Crippen molar-refractivity contribution in [3.63, 3.8) is 0 Å². The van der Waals surface area contributed by atoms with Crippen LogP contribution in [0.15, 0.2) is 10.2 Å². The fourth-order valence-corrected chi connectivity index (χ4v) is 2.18. The van der Waals surface area contributed by atoms with Crippen molar-refractivity contribution in [2.45, 2.75) is 39.3 Å². The van der Waals surface area contributed by atoms with Crippen molar-refractivity contribution in [2.75, 3.05) is 6.54 Å². The summed E-state index contributed by atoms with van der Waals surface area (Å²) in [7, 11) is 0. The molecular formula is C11H18N2O3S. The zero-order valence-electron chi connectivity index (χ0n) is 10.1. The maximum absolute atomic E-state index is 11.4. The van der Waals surface area contributed by atoms with E-state index in [-0.39, 0.29) is 17.3 Å². The zero-order valence-corrected chi connectivity index (χ0v) is 10.9. The van der Waals surface area contributed by atoms with Crippen molar-refractivity contribution in [1.82, 2.24) is 9.88 Å². The number of aromatic nitrogens is 1. The van der Waals surface area contributed by atoms with Gasteiger partial charge in [0.1, 0.15) is 0 Å².